The number of hydrogen-bond acceptors (Lipinski definition) is 9. The predicted octanol–water partition coefficient (Wildman–Crippen LogP) is 11.3. The van der Waals surface area contributed by atoms with Crippen LogP contribution in [0, 0.1) is 0 Å². The fourth-order valence-electron chi connectivity index (χ4n) is 6.06. The Morgan fingerprint density at radius 3 is 1.37 bits per heavy atom. The van der Waals surface area contributed by atoms with Gasteiger partial charge in [0.15, 0.2) is 6.10 Å². The van der Waals surface area contributed by atoms with E-state index in [1.165, 1.54) is 109 Å². The number of carboxylic acids is 1. The van der Waals surface area contributed by atoms with E-state index in [1.807, 2.05) is 0 Å². The van der Waals surface area contributed by atoms with Crippen LogP contribution in [-0.2, 0) is 37.5 Å². The van der Waals surface area contributed by atoms with E-state index in [-0.39, 0.29) is 19.4 Å². The third-order valence-corrected chi connectivity index (χ3v) is 10.5. The minimum absolute atomic E-state index is 0.155. The molecule has 3 unspecified atom stereocenters. The standard InChI is InChI=1S/C42H80NO10P/c1-3-5-7-9-11-13-15-17-18-19-20-22-23-25-27-29-31-33-40(44)50-35-38(36-51-54(48,49)52-37-39(43)42(46)47)53-41(45)34-32-30-28-26-24-21-16-14-12-10-8-6-4-2/h14,16,38-39H,3-13,15,17-37,43H2,1-2H3,(H,46,47)(H,48,49)/b16-14-. The van der Waals surface area contributed by atoms with Crippen molar-refractivity contribution < 1.29 is 47.5 Å². The van der Waals surface area contributed by atoms with Crippen molar-refractivity contribution in [3.63, 3.8) is 0 Å². The molecule has 12 heteroatoms. The molecule has 0 saturated carbocycles. The lowest BCUT2D eigenvalue weighted by atomic mass is 10.0. The average Bonchev–Trinajstić information content (AvgIpc) is 3.14. The molecule has 0 aromatic carbocycles. The molecule has 0 bridgehead atoms. The van der Waals surface area contributed by atoms with E-state index in [2.05, 4.69) is 30.5 Å². The highest BCUT2D eigenvalue weighted by atomic mass is 31.2. The number of esters is 2. The summed E-state index contributed by atoms with van der Waals surface area (Å²) in [6, 6.07) is -1.52. The number of nitrogens with two attached hydrogens (primary N) is 1. The number of unbranched alkanes of at least 4 members (excludes halogenated alkanes) is 25. The maximum absolute atomic E-state index is 12.6. The molecule has 0 heterocycles. The van der Waals surface area contributed by atoms with E-state index in [4.69, 9.17) is 24.8 Å². The highest BCUT2D eigenvalue weighted by molar-refractivity contribution is 7.47. The average molecular weight is 790 g/mol. The summed E-state index contributed by atoms with van der Waals surface area (Å²) in [5, 5.41) is 8.88. The molecule has 0 aromatic rings. The van der Waals surface area contributed by atoms with E-state index in [1.54, 1.807) is 0 Å². The summed E-state index contributed by atoms with van der Waals surface area (Å²) in [7, 11) is -4.71. The topological polar surface area (TPSA) is 172 Å². The van der Waals surface area contributed by atoms with Gasteiger partial charge in [0.05, 0.1) is 13.2 Å². The maximum atomic E-state index is 12.6. The fraction of sp³-hybridized carbons (Fsp3) is 0.881. The van der Waals surface area contributed by atoms with Gasteiger partial charge in [0.1, 0.15) is 12.6 Å². The van der Waals surface area contributed by atoms with Crippen molar-refractivity contribution in [3.05, 3.63) is 12.2 Å². The van der Waals surface area contributed by atoms with Gasteiger partial charge in [0.25, 0.3) is 0 Å². The lowest BCUT2D eigenvalue weighted by Gasteiger charge is -2.20. The maximum Gasteiger partial charge on any atom is 0.472 e. The Kier molecular flexibility index (Phi) is 36.9. The van der Waals surface area contributed by atoms with Crippen LogP contribution in [0.15, 0.2) is 12.2 Å². The number of carbonyl (C=O) groups is 3. The van der Waals surface area contributed by atoms with Crippen molar-refractivity contribution in [1.29, 1.82) is 0 Å². The molecule has 0 aliphatic rings. The van der Waals surface area contributed by atoms with Gasteiger partial charge < -0.3 is 25.2 Å². The SMILES string of the molecule is CCCCCC/C=C\CCCCCCCC(=O)OC(COC(=O)CCCCCCCCCCCCCCCCCCC)COP(=O)(O)OCC(N)C(=O)O. The smallest absolute Gasteiger partial charge is 0.472 e. The first-order valence-corrected chi connectivity index (χ1v) is 23.2. The Balaban J connectivity index is 4.32. The second-order valence-electron chi connectivity index (χ2n) is 14.8. The largest absolute Gasteiger partial charge is 0.480 e. The second-order valence-corrected chi connectivity index (χ2v) is 16.3. The number of carbonyl (C=O) groups excluding carboxylic acids is 2. The molecule has 0 aromatic heterocycles. The first-order chi connectivity index (χ1) is 26.1. The lowest BCUT2D eigenvalue weighted by Crippen LogP contribution is -2.34. The number of ether oxygens (including phenoxy) is 2. The number of rotatable bonds is 41. The molecule has 0 spiro atoms. The van der Waals surface area contributed by atoms with E-state index >= 15 is 0 Å². The Hall–Kier alpha value is -1.78. The Morgan fingerprint density at radius 2 is 0.926 bits per heavy atom. The van der Waals surface area contributed by atoms with Crippen LogP contribution in [0.5, 0.6) is 0 Å². The van der Waals surface area contributed by atoms with E-state index in [0.29, 0.717) is 12.8 Å². The van der Waals surface area contributed by atoms with Gasteiger partial charge in [-0.1, -0.05) is 167 Å². The van der Waals surface area contributed by atoms with Crippen LogP contribution in [0.3, 0.4) is 0 Å². The summed E-state index contributed by atoms with van der Waals surface area (Å²) in [6.45, 7) is 2.80. The predicted molar refractivity (Wildman–Crippen MR) is 217 cm³/mol. The normalized spacial score (nSPS) is 13.9. The molecule has 0 aliphatic carbocycles. The first kappa shape index (κ1) is 52.2. The van der Waals surface area contributed by atoms with Crippen molar-refractivity contribution in [1.82, 2.24) is 0 Å². The van der Waals surface area contributed by atoms with Gasteiger partial charge in [0, 0.05) is 12.8 Å². The van der Waals surface area contributed by atoms with Gasteiger partial charge in [-0.05, 0) is 38.5 Å². The molecule has 318 valence electrons. The highest BCUT2D eigenvalue weighted by Gasteiger charge is 2.28. The van der Waals surface area contributed by atoms with Crippen molar-refractivity contribution in [2.75, 3.05) is 19.8 Å². The lowest BCUT2D eigenvalue weighted by molar-refractivity contribution is -0.161. The van der Waals surface area contributed by atoms with E-state index < -0.39 is 51.1 Å². The van der Waals surface area contributed by atoms with Crippen LogP contribution in [0.4, 0.5) is 0 Å². The second kappa shape index (κ2) is 38.1. The van der Waals surface area contributed by atoms with Crippen LogP contribution >= 0.6 is 7.82 Å². The zero-order valence-electron chi connectivity index (χ0n) is 34.3. The molecule has 0 radical (unpaired) electrons. The molecule has 0 aliphatic heterocycles. The number of hydrogen-bond donors (Lipinski definition) is 3. The van der Waals surface area contributed by atoms with Gasteiger partial charge in [-0.25, -0.2) is 4.57 Å². The number of phosphoric acid groups is 1. The first-order valence-electron chi connectivity index (χ1n) is 21.7. The zero-order chi connectivity index (χ0) is 40.0. The van der Waals surface area contributed by atoms with Crippen LogP contribution in [0.1, 0.15) is 206 Å². The van der Waals surface area contributed by atoms with Crippen LogP contribution in [0.25, 0.3) is 0 Å². The van der Waals surface area contributed by atoms with Crippen molar-refractivity contribution >= 4 is 25.7 Å². The summed E-state index contributed by atoms with van der Waals surface area (Å²) in [5.41, 5.74) is 5.33. The minimum atomic E-state index is -4.71. The third-order valence-electron chi connectivity index (χ3n) is 9.51. The summed E-state index contributed by atoms with van der Waals surface area (Å²) in [4.78, 5) is 45.9. The van der Waals surface area contributed by atoms with E-state index in [0.717, 1.165) is 57.8 Å². The molecule has 4 N–H and O–H groups in total. The Morgan fingerprint density at radius 1 is 0.556 bits per heavy atom. The van der Waals surface area contributed by atoms with E-state index in [9.17, 15) is 23.8 Å². The molecule has 3 atom stereocenters. The number of phosphoric ester groups is 1. The van der Waals surface area contributed by atoms with Gasteiger partial charge >= 0.3 is 25.7 Å². The molecular weight excluding hydrogens is 709 g/mol. The molecule has 0 rings (SSSR count). The molecule has 0 fully saturated rings. The monoisotopic (exact) mass is 790 g/mol. The fourth-order valence-corrected chi connectivity index (χ4v) is 6.84. The number of aliphatic carboxylic acids is 1. The zero-order valence-corrected chi connectivity index (χ0v) is 35.2. The van der Waals surface area contributed by atoms with Gasteiger partial charge in [-0.15, -0.1) is 0 Å². The number of allylic oxidation sites excluding steroid dienone is 2. The van der Waals surface area contributed by atoms with Crippen molar-refractivity contribution in [3.8, 4) is 0 Å². The Labute approximate surface area is 328 Å². The van der Waals surface area contributed by atoms with Gasteiger partial charge in [-0.3, -0.25) is 23.4 Å². The molecule has 11 nitrogen and oxygen atoms in total. The quantitative estimate of drug-likeness (QED) is 0.0233. The molecule has 54 heavy (non-hydrogen) atoms. The molecule has 0 amide bonds. The summed E-state index contributed by atoms with van der Waals surface area (Å²) < 4.78 is 32.7. The van der Waals surface area contributed by atoms with Crippen LogP contribution in [0.2, 0.25) is 0 Å². The summed E-state index contributed by atoms with van der Waals surface area (Å²) in [6.07, 6.45) is 37.0. The molecule has 0 saturated heterocycles. The third kappa shape index (κ3) is 37.2. The minimum Gasteiger partial charge on any atom is -0.480 e. The molecular formula is C42H80NO10P. The van der Waals surface area contributed by atoms with Crippen LogP contribution < -0.4 is 5.73 Å². The summed E-state index contributed by atoms with van der Waals surface area (Å²) >= 11 is 0. The number of carboxylic acid groups (broad SMARTS) is 1. The van der Waals surface area contributed by atoms with Gasteiger partial charge in [-0.2, -0.15) is 0 Å². The Bertz CT molecular complexity index is 979. The highest BCUT2D eigenvalue weighted by Crippen LogP contribution is 2.43. The summed E-state index contributed by atoms with van der Waals surface area (Å²) in [5.74, 6) is -2.38. The van der Waals surface area contributed by atoms with Crippen molar-refractivity contribution in [2.24, 2.45) is 5.73 Å². The van der Waals surface area contributed by atoms with Crippen molar-refractivity contribution in [2.45, 2.75) is 219 Å². The van der Waals surface area contributed by atoms with Crippen LogP contribution in [-0.4, -0.2) is 59.9 Å². The van der Waals surface area contributed by atoms with Gasteiger partial charge in [0.2, 0.25) is 0 Å².